The van der Waals surface area contributed by atoms with E-state index < -0.39 is 20.0 Å². The predicted octanol–water partition coefficient (Wildman–Crippen LogP) is 24.6. The topological polar surface area (TPSA) is 105 Å². The van der Waals surface area contributed by atoms with Crippen molar-refractivity contribution in [3.05, 3.63) is 24.3 Å². The van der Waals surface area contributed by atoms with Crippen molar-refractivity contribution in [3.8, 4) is 0 Å². The number of likely N-dealkylation sites (N-methyl/N-ethyl adjacent to an activating group) is 1. The van der Waals surface area contributed by atoms with Gasteiger partial charge in [-0.15, -0.1) is 0 Å². The average molecular weight is 1220 g/mol. The van der Waals surface area contributed by atoms with Crippen molar-refractivity contribution in [2.24, 2.45) is 0 Å². The highest BCUT2D eigenvalue weighted by Crippen LogP contribution is 2.43. The Morgan fingerprint density at radius 1 is 0.400 bits per heavy atom. The number of phosphoric acid groups is 1. The first-order valence-electron chi connectivity index (χ1n) is 38.2. The highest BCUT2D eigenvalue weighted by molar-refractivity contribution is 7.47. The van der Waals surface area contributed by atoms with Crippen molar-refractivity contribution in [2.45, 2.75) is 418 Å². The number of carbonyl (C=O) groups excluding carboxylic acids is 1. The maximum absolute atomic E-state index is 13.1. The second-order valence-corrected chi connectivity index (χ2v) is 29.2. The fourth-order valence-corrected chi connectivity index (χ4v) is 12.8. The molecule has 0 aromatic carbocycles. The van der Waals surface area contributed by atoms with Crippen molar-refractivity contribution in [1.82, 2.24) is 5.32 Å². The van der Waals surface area contributed by atoms with Gasteiger partial charge >= 0.3 is 7.82 Å². The molecule has 85 heavy (non-hydrogen) atoms. The molecule has 0 fully saturated rings. The summed E-state index contributed by atoms with van der Waals surface area (Å²) in [5.41, 5.74) is 0. The number of rotatable bonds is 72. The lowest BCUT2D eigenvalue weighted by Gasteiger charge is -2.26. The van der Waals surface area contributed by atoms with Gasteiger partial charge in [-0.3, -0.25) is 13.8 Å². The maximum atomic E-state index is 13.1. The molecular weight excluding hydrogens is 1070 g/mol. The minimum atomic E-state index is -4.33. The van der Waals surface area contributed by atoms with Crippen LogP contribution in [0, 0.1) is 0 Å². The fraction of sp³-hybridized carbons (Fsp3) is 0.934. The van der Waals surface area contributed by atoms with Crippen LogP contribution in [-0.4, -0.2) is 73.4 Å². The number of amides is 1. The molecule has 1 amide bonds. The molecule has 0 radical (unpaired) electrons. The van der Waals surface area contributed by atoms with Crippen LogP contribution in [0.1, 0.15) is 406 Å². The van der Waals surface area contributed by atoms with Crippen LogP contribution in [0.5, 0.6) is 0 Å². The summed E-state index contributed by atoms with van der Waals surface area (Å²) >= 11 is 0. The Labute approximate surface area is 532 Å². The van der Waals surface area contributed by atoms with Gasteiger partial charge in [0.1, 0.15) is 13.2 Å². The van der Waals surface area contributed by atoms with Crippen molar-refractivity contribution < 1.29 is 32.9 Å². The zero-order valence-corrected chi connectivity index (χ0v) is 59.0. The number of hydrogen-bond acceptors (Lipinski definition) is 5. The van der Waals surface area contributed by atoms with Crippen molar-refractivity contribution in [2.75, 3.05) is 40.9 Å². The number of unbranched alkanes of at least 4 members (excludes halogenated alkanes) is 55. The van der Waals surface area contributed by atoms with Crippen LogP contribution in [0.25, 0.3) is 0 Å². The zero-order valence-electron chi connectivity index (χ0n) is 58.1. The Morgan fingerprint density at radius 3 is 0.965 bits per heavy atom. The summed E-state index contributed by atoms with van der Waals surface area (Å²) in [5, 5.41) is 14.2. The molecule has 0 aliphatic carbocycles. The molecule has 0 bridgehead atoms. The first kappa shape index (κ1) is 84.0. The number of nitrogens with zero attached hydrogens (tertiary/aromatic N) is 1. The third-order valence-electron chi connectivity index (χ3n) is 18.0. The van der Waals surface area contributed by atoms with E-state index in [9.17, 15) is 19.4 Å². The molecule has 3 atom stereocenters. The number of nitrogens with one attached hydrogen (secondary N) is 1. The van der Waals surface area contributed by atoms with Crippen LogP contribution >= 0.6 is 7.82 Å². The third kappa shape index (κ3) is 70.3. The minimum Gasteiger partial charge on any atom is -0.391 e. The quantitative estimate of drug-likeness (QED) is 0.0243. The van der Waals surface area contributed by atoms with Gasteiger partial charge in [0, 0.05) is 6.42 Å². The maximum Gasteiger partial charge on any atom is 0.472 e. The van der Waals surface area contributed by atoms with E-state index in [4.69, 9.17) is 9.05 Å². The summed E-state index contributed by atoms with van der Waals surface area (Å²) in [6.07, 6.45) is 88.8. The molecule has 0 aromatic rings. The normalized spacial score (nSPS) is 13.6. The monoisotopic (exact) mass is 1220 g/mol. The summed E-state index contributed by atoms with van der Waals surface area (Å²) in [6.45, 7) is 4.95. The molecule has 0 saturated carbocycles. The second-order valence-electron chi connectivity index (χ2n) is 27.7. The van der Waals surface area contributed by atoms with E-state index in [-0.39, 0.29) is 19.1 Å². The Hall–Kier alpha value is -1.02. The Bertz CT molecular complexity index is 1430. The third-order valence-corrected chi connectivity index (χ3v) is 18.9. The summed E-state index contributed by atoms with van der Waals surface area (Å²) < 4.78 is 23.9. The lowest BCUT2D eigenvalue weighted by atomic mass is 10.0. The first-order chi connectivity index (χ1) is 41.5. The van der Waals surface area contributed by atoms with Crippen molar-refractivity contribution >= 4 is 13.7 Å². The first-order valence-corrected chi connectivity index (χ1v) is 39.7. The standard InChI is InChI=1S/C76H151N2O6P/c1-6-8-10-12-14-16-18-20-22-24-26-28-30-32-34-36-38-40-41-43-45-47-49-51-53-55-57-59-61-63-65-67-69-75(79)74(73-84-85(81,82)83-72-71-78(3,4)5)77-76(80)70-68-66-64-62-60-58-56-54-52-50-48-46-44-42-39-37-35-33-31-29-27-25-23-21-19-17-15-13-11-9-7-2/h19,21,25,27,74-75,79H,6-18,20,22-24,26,28-73H2,1-5H3,(H-,77,80,81,82)/p+1/b21-19-,27-25-. The van der Waals surface area contributed by atoms with Gasteiger partial charge in [-0.25, -0.2) is 4.57 Å². The molecule has 3 N–H and O–H groups in total. The van der Waals surface area contributed by atoms with Crippen LogP contribution in [0.4, 0.5) is 0 Å². The van der Waals surface area contributed by atoms with Crippen LogP contribution in [-0.2, 0) is 18.4 Å². The van der Waals surface area contributed by atoms with Gasteiger partial charge < -0.3 is 19.8 Å². The van der Waals surface area contributed by atoms with E-state index in [2.05, 4.69) is 43.5 Å². The van der Waals surface area contributed by atoms with Gasteiger partial charge in [-0.05, 0) is 44.9 Å². The SMILES string of the molecule is CCCCCCC/C=C\C/C=C\CCCCCCCCCCCCCCCCCCCCCC(=O)NC(COP(=O)(O)OCC[N+](C)(C)C)C(O)CCCCCCCCCCCCCCCCCCCCCCCCCCCCCCCCCC. The Balaban J connectivity index is 3.95. The van der Waals surface area contributed by atoms with E-state index in [1.54, 1.807) is 0 Å². The van der Waals surface area contributed by atoms with Gasteiger partial charge in [0.25, 0.3) is 0 Å². The smallest absolute Gasteiger partial charge is 0.391 e. The van der Waals surface area contributed by atoms with Gasteiger partial charge in [0.05, 0.1) is 39.9 Å². The fourth-order valence-electron chi connectivity index (χ4n) is 12.0. The van der Waals surface area contributed by atoms with Gasteiger partial charge in [-0.2, -0.15) is 0 Å². The molecule has 3 unspecified atom stereocenters. The lowest BCUT2D eigenvalue weighted by molar-refractivity contribution is -0.870. The van der Waals surface area contributed by atoms with Gasteiger partial charge in [0.15, 0.2) is 0 Å². The molecule has 0 heterocycles. The van der Waals surface area contributed by atoms with Crippen LogP contribution in [0.3, 0.4) is 0 Å². The Morgan fingerprint density at radius 2 is 0.671 bits per heavy atom. The zero-order chi connectivity index (χ0) is 61.9. The molecule has 0 saturated heterocycles. The second kappa shape index (κ2) is 67.4. The summed E-state index contributed by atoms with van der Waals surface area (Å²) in [4.78, 5) is 23.5. The number of allylic oxidation sites excluding steroid dienone is 4. The van der Waals surface area contributed by atoms with Gasteiger partial charge in [-0.1, -0.05) is 378 Å². The number of aliphatic hydroxyl groups excluding tert-OH is 1. The molecule has 9 heteroatoms. The molecule has 0 aromatic heterocycles. The van der Waals surface area contributed by atoms with Crippen LogP contribution < -0.4 is 5.32 Å². The van der Waals surface area contributed by atoms with Crippen LogP contribution in [0.15, 0.2) is 24.3 Å². The highest BCUT2D eigenvalue weighted by Gasteiger charge is 2.28. The molecule has 0 rings (SSSR count). The van der Waals surface area contributed by atoms with E-state index in [0.717, 1.165) is 44.9 Å². The summed E-state index contributed by atoms with van der Waals surface area (Å²) in [5.74, 6) is -0.135. The highest BCUT2D eigenvalue weighted by atomic mass is 31.2. The average Bonchev–Trinajstić information content (AvgIpc) is 3.49. The van der Waals surface area contributed by atoms with E-state index in [0.29, 0.717) is 23.9 Å². The number of aliphatic hydroxyl groups is 1. The minimum absolute atomic E-state index is 0.0777. The molecular formula is C76H152N2O6P+. The molecule has 0 spiro atoms. The Kier molecular flexibility index (Phi) is 66.6. The molecule has 0 aliphatic rings. The largest absolute Gasteiger partial charge is 0.472 e. The van der Waals surface area contributed by atoms with Crippen LogP contribution in [0.2, 0.25) is 0 Å². The predicted molar refractivity (Wildman–Crippen MR) is 374 cm³/mol. The van der Waals surface area contributed by atoms with Gasteiger partial charge in [0.2, 0.25) is 5.91 Å². The lowest BCUT2D eigenvalue weighted by Crippen LogP contribution is -2.46. The molecule has 506 valence electrons. The van der Waals surface area contributed by atoms with E-state index in [1.807, 2.05) is 21.1 Å². The number of quaternary nitrogens is 1. The number of hydrogen-bond donors (Lipinski definition) is 3. The number of phosphoric ester groups is 1. The summed E-state index contributed by atoms with van der Waals surface area (Å²) in [7, 11) is 1.64. The van der Waals surface area contributed by atoms with Crippen molar-refractivity contribution in [3.63, 3.8) is 0 Å². The molecule has 0 aliphatic heterocycles. The van der Waals surface area contributed by atoms with E-state index >= 15 is 0 Å². The van der Waals surface area contributed by atoms with E-state index in [1.165, 1.54) is 334 Å². The summed E-state index contributed by atoms with van der Waals surface area (Å²) in [6, 6.07) is -0.760. The van der Waals surface area contributed by atoms with Crippen molar-refractivity contribution in [1.29, 1.82) is 0 Å². The number of carbonyl (C=O) groups is 1. The molecule has 8 nitrogen and oxygen atoms in total.